The number of nitrogens with zero attached hydrogens (tertiary/aromatic N) is 1. The van der Waals surface area contributed by atoms with Crippen LogP contribution in [-0.4, -0.2) is 34.0 Å². The van der Waals surface area contributed by atoms with E-state index in [2.05, 4.69) is 19.7 Å². The number of aromatic nitrogens is 3. The average Bonchev–Trinajstić information content (AvgIpc) is 3.04. The van der Waals surface area contributed by atoms with Gasteiger partial charge in [0.1, 0.15) is 12.4 Å². The first-order valence-electron chi connectivity index (χ1n) is 9.24. The van der Waals surface area contributed by atoms with E-state index in [1.807, 2.05) is 19.9 Å². The lowest BCUT2D eigenvalue weighted by Crippen LogP contribution is -2.15. The van der Waals surface area contributed by atoms with Gasteiger partial charge in [-0.1, -0.05) is 0 Å². The van der Waals surface area contributed by atoms with Crippen LogP contribution in [0.3, 0.4) is 0 Å². The molecule has 0 radical (unpaired) electrons. The molecule has 2 N–H and O–H groups in total. The Balaban J connectivity index is 1.58. The van der Waals surface area contributed by atoms with Crippen LogP contribution < -0.4 is 5.56 Å². The maximum absolute atomic E-state index is 12.5. The van der Waals surface area contributed by atoms with Gasteiger partial charge in [0.15, 0.2) is 0 Å². The Hall–Kier alpha value is -3.94. The predicted octanol–water partition coefficient (Wildman–Crippen LogP) is 3.16. The lowest BCUT2D eigenvalue weighted by atomic mass is 10.1. The summed E-state index contributed by atoms with van der Waals surface area (Å²) in [4.78, 5) is 46.7. The van der Waals surface area contributed by atoms with Gasteiger partial charge in [-0.2, -0.15) is 0 Å². The van der Waals surface area contributed by atoms with E-state index in [0.29, 0.717) is 16.5 Å². The maximum Gasteiger partial charge on any atom is 0.338 e. The number of benzene rings is 2. The number of ether oxygens (including phenoxy) is 2. The van der Waals surface area contributed by atoms with Crippen molar-refractivity contribution in [2.24, 2.45) is 0 Å². The van der Waals surface area contributed by atoms with E-state index in [4.69, 9.17) is 4.74 Å². The molecule has 152 valence electrons. The number of carbonyl (C=O) groups is 2. The Morgan fingerprint density at radius 1 is 0.967 bits per heavy atom. The molecule has 8 heteroatoms. The number of rotatable bonds is 4. The van der Waals surface area contributed by atoms with Gasteiger partial charge in [0.2, 0.25) is 0 Å². The second-order valence-corrected chi connectivity index (χ2v) is 6.95. The van der Waals surface area contributed by atoms with E-state index in [9.17, 15) is 14.4 Å². The molecule has 0 aliphatic carbocycles. The maximum atomic E-state index is 12.5. The molecular weight excluding hydrogens is 386 g/mol. The number of carbonyl (C=O) groups excluding carboxylic acids is 2. The summed E-state index contributed by atoms with van der Waals surface area (Å²) >= 11 is 0. The summed E-state index contributed by atoms with van der Waals surface area (Å²) in [5.74, 6) is -0.878. The first kappa shape index (κ1) is 19.4. The minimum absolute atomic E-state index is 0.178. The monoisotopic (exact) mass is 405 g/mol. The number of fused-ring (bicyclic) bond motifs is 2. The molecule has 4 rings (SSSR count). The highest BCUT2D eigenvalue weighted by atomic mass is 16.5. The number of hydrogen-bond donors (Lipinski definition) is 2. The zero-order chi connectivity index (χ0) is 21.4. The number of hydrogen-bond acceptors (Lipinski definition) is 6. The molecule has 8 nitrogen and oxygen atoms in total. The molecule has 0 atom stereocenters. The van der Waals surface area contributed by atoms with Crippen molar-refractivity contribution < 1.29 is 19.1 Å². The van der Waals surface area contributed by atoms with Crippen LogP contribution in [0.2, 0.25) is 0 Å². The number of aryl methyl sites for hydroxylation is 2. The third-order valence-electron chi connectivity index (χ3n) is 5.06. The summed E-state index contributed by atoms with van der Waals surface area (Å²) in [6.07, 6.45) is 0. The summed E-state index contributed by atoms with van der Waals surface area (Å²) in [6.45, 7) is 3.74. The van der Waals surface area contributed by atoms with Crippen molar-refractivity contribution in [1.29, 1.82) is 0 Å². The Morgan fingerprint density at radius 3 is 2.47 bits per heavy atom. The molecule has 0 aliphatic rings. The predicted molar refractivity (Wildman–Crippen MR) is 111 cm³/mol. The van der Waals surface area contributed by atoms with Gasteiger partial charge in [-0.25, -0.2) is 14.6 Å². The van der Waals surface area contributed by atoms with Gasteiger partial charge in [0.25, 0.3) is 5.56 Å². The second-order valence-electron chi connectivity index (χ2n) is 6.95. The summed E-state index contributed by atoms with van der Waals surface area (Å²) in [5, 5.41) is 1.27. The lowest BCUT2D eigenvalue weighted by Gasteiger charge is -2.07. The van der Waals surface area contributed by atoms with Crippen LogP contribution in [0.25, 0.3) is 21.8 Å². The second kappa shape index (κ2) is 7.47. The van der Waals surface area contributed by atoms with Gasteiger partial charge >= 0.3 is 11.9 Å². The van der Waals surface area contributed by atoms with Crippen LogP contribution in [0.4, 0.5) is 0 Å². The highest BCUT2D eigenvalue weighted by molar-refractivity contribution is 5.96. The van der Waals surface area contributed by atoms with Gasteiger partial charge in [-0.3, -0.25) is 4.79 Å². The smallest absolute Gasteiger partial charge is 0.338 e. The standard InChI is InChI=1S/C22H19N3O5/c1-11-12(2)23-17-7-5-13(8-16(11)17)22(28)30-10-19-24-18-9-14(21(27)29-3)4-6-15(18)20(26)25-19/h4-9,23H,10H2,1-3H3,(H,24,25,26). The number of aromatic amines is 2. The Kier molecular flexibility index (Phi) is 4.83. The molecule has 0 amide bonds. The molecule has 0 saturated carbocycles. The van der Waals surface area contributed by atoms with E-state index in [0.717, 1.165) is 22.2 Å². The average molecular weight is 405 g/mol. The molecule has 4 aromatic rings. The van der Waals surface area contributed by atoms with Crippen LogP contribution in [0.1, 0.15) is 37.8 Å². The van der Waals surface area contributed by atoms with Crippen LogP contribution >= 0.6 is 0 Å². The Bertz CT molecular complexity index is 1370. The van der Waals surface area contributed by atoms with E-state index < -0.39 is 11.9 Å². The zero-order valence-corrected chi connectivity index (χ0v) is 16.7. The quantitative estimate of drug-likeness (QED) is 0.504. The van der Waals surface area contributed by atoms with E-state index in [-0.39, 0.29) is 23.6 Å². The minimum Gasteiger partial charge on any atom is -0.465 e. The normalized spacial score (nSPS) is 11.0. The van der Waals surface area contributed by atoms with Crippen molar-refractivity contribution in [3.05, 3.63) is 75.0 Å². The summed E-state index contributed by atoms with van der Waals surface area (Å²) in [7, 11) is 1.27. The van der Waals surface area contributed by atoms with E-state index in [1.54, 1.807) is 12.1 Å². The fourth-order valence-electron chi connectivity index (χ4n) is 3.31. The molecule has 0 unspecified atom stereocenters. The minimum atomic E-state index is -0.530. The van der Waals surface area contributed by atoms with Crippen LogP contribution in [0.15, 0.2) is 41.2 Å². The SMILES string of the molecule is COC(=O)c1ccc2c(=O)[nH]c(COC(=O)c3ccc4[nH]c(C)c(C)c4c3)nc2c1. The third-order valence-corrected chi connectivity index (χ3v) is 5.06. The number of H-pyrrole nitrogens is 2. The van der Waals surface area contributed by atoms with Crippen LogP contribution in [-0.2, 0) is 16.1 Å². The van der Waals surface area contributed by atoms with Crippen molar-refractivity contribution in [2.75, 3.05) is 7.11 Å². The van der Waals surface area contributed by atoms with E-state index in [1.165, 1.54) is 25.3 Å². The molecule has 0 saturated heterocycles. The van der Waals surface area contributed by atoms with Crippen molar-refractivity contribution in [3.63, 3.8) is 0 Å². The molecule has 2 heterocycles. The van der Waals surface area contributed by atoms with Gasteiger partial charge in [0.05, 0.1) is 29.1 Å². The molecule has 2 aromatic heterocycles. The first-order chi connectivity index (χ1) is 14.4. The van der Waals surface area contributed by atoms with Gasteiger partial charge in [-0.05, 0) is 55.8 Å². The summed E-state index contributed by atoms with van der Waals surface area (Å²) < 4.78 is 10.0. The molecular formula is C22H19N3O5. The van der Waals surface area contributed by atoms with Gasteiger partial charge < -0.3 is 19.4 Å². The Labute approximate surface area is 170 Å². The number of methoxy groups -OCH3 is 1. The molecule has 0 fully saturated rings. The largest absolute Gasteiger partial charge is 0.465 e. The zero-order valence-electron chi connectivity index (χ0n) is 16.7. The fraction of sp³-hybridized carbons (Fsp3) is 0.182. The van der Waals surface area contributed by atoms with Crippen molar-refractivity contribution in [2.45, 2.75) is 20.5 Å². The van der Waals surface area contributed by atoms with Gasteiger partial charge in [0, 0.05) is 16.6 Å². The number of nitrogens with one attached hydrogen (secondary N) is 2. The highest BCUT2D eigenvalue weighted by Gasteiger charge is 2.14. The molecule has 0 aliphatic heterocycles. The summed E-state index contributed by atoms with van der Waals surface area (Å²) in [6, 6.07) is 9.74. The van der Waals surface area contributed by atoms with Crippen molar-refractivity contribution >= 4 is 33.7 Å². The number of esters is 2. The lowest BCUT2D eigenvalue weighted by molar-refractivity contribution is 0.0462. The molecule has 0 bridgehead atoms. The topological polar surface area (TPSA) is 114 Å². The first-order valence-corrected chi connectivity index (χ1v) is 9.24. The van der Waals surface area contributed by atoms with Crippen molar-refractivity contribution in [3.8, 4) is 0 Å². The molecule has 30 heavy (non-hydrogen) atoms. The van der Waals surface area contributed by atoms with Crippen LogP contribution in [0.5, 0.6) is 0 Å². The molecule has 2 aromatic carbocycles. The Morgan fingerprint density at radius 2 is 1.70 bits per heavy atom. The van der Waals surface area contributed by atoms with Crippen LogP contribution in [0, 0.1) is 13.8 Å². The van der Waals surface area contributed by atoms with Crippen molar-refractivity contribution in [1.82, 2.24) is 15.0 Å². The van der Waals surface area contributed by atoms with E-state index >= 15 is 0 Å². The van der Waals surface area contributed by atoms with Gasteiger partial charge in [-0.15, -0.1) is 0 Å². The third kappa shape index (κ3) is 3.43. The molecule has 0 spiro atoms. The fourth-order valence-corrected chi connectivity index (χ4v) is 3.31. The summed E-state index contributed by atoms with van der Waals surface area (Å²) in [5.41, 5.74) is 3.66. The highest BCUT2D eigenvalue weighted by Crippen LogP contribution is 2.23.